The summed E-state index contributed by atoms with van der Waals surface area (Å²) >= 11 is 0. The van der Waals surface area contributed by atoms with Crippen molar-refractivity contribution in [2.24, 2.45) is 0 Å². The summed E-state index contributed by atoms with van der Waals surface area (Å²) in [4.78, 5) is 2.41. The maximum atomic E-state index is 6.58. The molecule has 1 aliphatic carbocycles. The van der Waals surface area contributed by atoms with Gasteiger partial charge in [-0.2, -0.15) is 0 Å². The molecule has 2 heteroatoms. The van der Waals surface area contributed by atoms with E-state index >= 15 is 0 Å². The van der Waals surface area contributed by atoms with Crippen molar-refractivity contribution < 1.29 is 4.42 Å². The molecule has 0 spiro atoms. The highest BCUT2D eigenvalue weighted by molar-refractivity contribution is 6.21. The standard InChI is InChI=1S/C38H31NO/c1-3-11-26(12-4-1)27-19-21-31(22-20-27)39(30-15-5-2-6-16-30)36-25-35-34-23-28-13-7-8-14-29(28)24-37(34)40-38(35)33-18-10-9-17-32(33)36/h2,5-10,13-26H,1,3-4,11-12H2. The Labute approximate surface area is 234 Å². The summed E-state index contributed by atoms with van der Waals surface area (Å²) in [6.45, 7) is 0. The van der Waals surface area contributed by atoms with E-state index in [1.54, 1.807) is 0 Å². The molecule has 8 rings (SSSR count). The van der Waals surface area contributed by atoms with Crippen LogP contribution in [-0.4, -0.2) is 0 Å². The first-order valence-corrected chi connectivity index (χ1v) is 14.6. The summed E-state index contributed by atoms with van der Waals surface area (Å²) in [7, 11) is 0. The van der Waals surface area contributed by atoms with E-state index in [0.29, 0.717) is 5.92 Å². The number of para-hydroxylation sites is 1. The molecule has 1 heterocycles. The lowest BCUT2D eigenvalue weighted by atomic mass is 9.84. The first kappa shape index (κ1) is 23.3. The predicted molar refractivity (Wildman–Crippen MR) is 169 cm³/mol. The smallest absolute Gasteiger partial charge is 0.143 e. The maximum absolute atomic E-state index is 6.58. The van der Waals surface area contributed by atoms with Gasteiger partial charge >= 0.3 is 0 Å². The Hall–Kier alpha value is -4.56. The van der Waals surface area contributed by atoms with E-state index in [0.717, 1.165) is 38.7 Å². The number of benzene rings is 6. The molecule has 0 unspecified atom stereocenters. The van der Waals surface area contributed by atoms with Gasteiger partial charge < -0.3 is 9.32 Å². The number of hydrogen-bond donors (Lipinski definition) is 0. The van der Waals surface area contributed by atoms with Crippen molar-refractivity contribution in [1.82, 2.24) is 0 Å². The van der Waals surface area contributed by atoms with Gasteiger partial charge in [0, 0.05) is 32.9 Å². The van der Waals surface area contributed by atoms with Crippen LogP contribution in [0.4, 0.5) is 17.1 Å². The minimum atomic E-state index is 0.692. The van der Waals surface area contributed by atoms with Crippen molar-refractivity contribution >= 4 is 60.5 Å². The molecule has 7 aromatic rings. The van der Waals surface area contributed by atoms with E-state index < -0.39 is 0 Å². The van der Waals surface area contributed by atoms with Crippen LogP contribution >= 0.6 is 0 Å². The van der Waals surface area contributed by atoms with Crippen LogP contribution in [0, 0.1) is 0 Å². The molecule has 0 bridgehead atoms. The summed E-state index contributed by atoms with van der Waals surface area (Å²) in [5.41, 5.74) is 6.84. The van der Waals surface area contributed by atoms with Gasteiger partial charge in [-0.3, -0.25) is 0 Å². The van der Waals surface area contributed by atoms with Crippen molar-refractivity contribution in [3.8, 4) is 0 Å². The highest BCUT2D eigenvalue weighted by Crippen LogP contribution is 2.45. The number of furan rings is 1. The number of nitrogens with zero attached hydrogens (tertiary/aromatic N) is 1. The third-order valence-corrected chi connectivity index (χ3v) is 8.81. The first-order chi connectivity index (χ1) is 19.8. The van der Waals surface area contributed by atoms with Crippen molar-refractivity contribution in [1.29, 1.82) is 0 Å². The van der Waals surface area contributed by atoms with Gasteiger partial charge in [0.15, 0.2) is 0 Å². The fourth-order valence-corrected chi connectivity index (χ4v) is 6.78. The summed E-state index contributed by atoms with van der Waals surface area (Å²) in [5, 5.41) is 7.04. The Bertz CT molecular complexity index is 1980. The number of hydrogen-bond acceptors (Lipinski definition) is 2. The molecule has 1 aliphatic rings. The monoisotopic (exact) mass is 517 g/mol. The molecule has 0 aliphatic heterocycles. The van der Waals surface area contributed by atoms with Gasteiger partial charge in [-0.05, 0) is 77.6 Å². The van der Waals surface area contributed by atoms with Gasteiger partial charge in [0.2, 0.25) is 0 Å². The lowest BCUT2D eigenvalue weighted by Gasteiger charge is -2.28. The van der Waals surface area contributed by atoms with Crippen molar-refractivity contribution in [2.45, 2.75) is 38.0 Å². The van der Waals surface area contributed by atoms with Gasteiger partial charge in [-0.1, -0.05) is 98.1 Å². The average molecular weight is 518 g/mol. The molecule has 2 nitrogen and oxygen atoms in total. The summed E-state index contributed by atoms with van der Waals surface area (Å²) in [5.74, 6) is 0.692. The zero-order chi connectivity index (χ0) is 26.5. The second-order valence-electron chi connectivity index (χ2n) is 11.2. The quantitative estimate of drug-likeness (QED) is 0.231. The fourth-order valence-electron chi connectivity index (χ4n) is 6.78. The third-order valence-electron chi connectivity index (χ3n) is 8.81. The molecule has 0 radical (unpaired) electrons. The van der Waals surface area contributed by atoms with E-state index in [9.17, 15) is 0 Å². The van der Waals surface area contributed by atoms with Crippen LogP contribution in [0.5, 0.6) is 0 Å². The largest absolute Gasteiger partial charge is 0.455 e. The van der Waals surface area contributed by atoms with Crippen molar-refractivity contribution in [2.75, 3.05) is 4.90 Å². The molecule has 0 atom stereocenters. The second kappa shape index (κ2) is 9.57. The Balaban J connectivity index is 1.37. The topological polar surface area (TPSA) is 16.4 Å². The normalized spacial score (nSPS) is 14.4. The van der Waals surface area contributed by atoms with Crippen LogP contribution in [0.15, 0.2) is 126 Å². The minimum Gasteiger partial charge on any atom is -0.455 e. The first-order valence-electron chi connectivity index (χ1n) is 14.6. The zero-order valence-corrected chi connectivity index (χ0v) is 22.5. The summed E-state index contributed by atoms with van der Waals surface area (Å²) in [6, 6.07) is 44.1. The van der Waals surface area contributed by atoms with Crippen LogP contribution in [-0.2, 0) is 0 Å². The van der Waals surface area contributed by atoms with Crippen LogP contribution in [0.1, 0.15) is 43.6 Å². The van der Waals surface area contributed by atoms with Gasteiger partial charge in [-0.25, -0.2) is 0 Å². The number of rotatable bonds is 4. The molecule has 0 saturated heterocycles. The molecule has 0 amide bonds. The van der Waals surface area contributed by atoms with Crippen molar-refractivity contribution in [3.05, 3.63) is 127 Å². The van der Waals surface area contributed by atoms with Gasteiger partial charge in [-0.15, -0.1) is 0 Å². The molecule has 1 aromatic heterocycles. The minimum absolute atomic E-state index is 0.692. The molecule has 1 saturated carbocycles. The van der Waals surface area contributed by atoms with Crippen LogP contribution in [0.25, 0.3) is 43.5 Å². The van der Waals surface area contributed by atoms with Gasteiger partial charge in [0.25, 0.3) is 0 Å². The molecular formula is C38H31NO. The lowest BCUT2D eigenvalue weighted by molar-refractivity contribution is 0.443. The lowest BCUT2D eigenvalue weighted by Crippen LogP contribution is -2.11. The van der Waals surface area contributed by atoms with Crippen LogP contribution in [0.3, 0.4) is 0 Å². The van der Waals surface area contributed by atoms with E-state index in [-0.39, 0.29) is 0 Å². The van der Waals surface area contributed by atoms with Gasteiger partial charge in [0.1, 0.15) is 11.2 Å². The molecule has 1 fully saturated rings. The van der Waals surface area contributed by atoms with E-state index in [1.165, 1.54) is 59.5 Å². The molecular weight excluding hydrogens is 486 g/mol. The van der Waals surface area contributed by atoms with Crippen molar-refractivity contribution in [3.63, 3.8) is 0 Å². The van der Waals surface area contributed by atoms with E-state index in [2.05, 4.69) is 126 Å². The third kappa shape index (κ3) is 3.86. The Morgan fingerprint density at radius 2 is 1.18 bits per heavy atom. The molecule has 6 aromatic carbocycles. The highest BCUT2D eigenvalue weighted by Gasteiger charge is 2.21. The molecule has 194 valence electrons. The zero-order valence-electron chi connectivity index (χ0n) is 22.5. The summed E-state index contributed by atoms with van der Waals surface area (Å²) < 4.78 is 6.58. The maximum Gasteiger partial charge on any atom is 0.143 e. The number of anilines is 3. The van der Waals surface area contributed by atoms with E-state index in [1.807, 2.05) is 0 Å². The van der Waals surface area contributed by atoms with E-state index in [4.69, 9.17) is 4.42 Å². The second-order valence-corrected chi connectivity index (χ2v) is 11.2. The number of fused-ring (bicyclic) bond motifs is 6. The molecule has 40 heavy (non-hydrogen) atoms. The molecule has 0 N–H and O–H groups in total. The Morgan fingerprint density at radius 1 is 0.525 bits per heavy atom. The summed E-state index contributed by atoms with van der Waals surface area (Å²) in [6.07, 6.45) is 6.70. The predicted octanol–water partition coefficient (Wildman–Crippen LogP) is 11.4. The van der Waals surface area contributed by atoms with Gasteiger partial charge in [0.05, 0.1) is 5.69 Å². The Morgan fingerprint density at radius 3 is 1.95 bits per heavy atom. The SMILES string of the molecule is c1ccc(N(c2ccc(C3CCCCC3)cc2)c2cc3c4cc5ccccc5cc4oc3c3ccccc23)cc1. The van der Waals surface area contributed by atoms with Crippen LogP contribution < -0.4 is 4.90 Å². The van der Waals surface area contributed by atoms with Crippen LogP contribution in [0.2, 0.25) is 0 Å². The highest BCUT2D eigenvalue weighted by atomic mass is 16.3. The Kier molecular flexibility index (Phi) is 5.58. The average Bonchev–Trinajstić information content (AvgIpc) is 3.39. The fraction of sp³-hybridized carbons (Fsp3) is 0.158.